The smallest absolute Gasteiger partial charge is 0.138 e. The van der Waals surface area contributed by atoms with E-state index in [-0.39, 0.29) is 0 Å². The van der Waals surface area contributed by atoms with Crippen molar-refractivity contribution in [3.8, 4) is 11.1 Å². The van der Waals surface area contributed by atoms with Crippen molar-refractivity contribution < 1.29 is 0 Å². The molecule has 1 saturated heterocycles. The van der Waals surface area contributed by atoms with E-state index in [0.717, 1.165) is 85.1 Å². The molecule has 0 bridgehead atoms. The molecule has 2 aliphatic rings. The van der Waals surface area contributed by atoms with Gasteiger partial charge in [-0.1, -0.05) is 24.8 Å². The van der Waals surface area contributed by atoms with Crippen LogP contribution in [0.25, 0.3) is 27.9 Å². The number of H-pyrrole nitrogens is 1. The molecule has 7 nitrogen and oxygen atoms in total. The summed E-state index contributed by atoms with van der Waals surface area (Å²) in [4.78, 5) is 14.9. The van der Waals surface area contributed by atoms with Crippen LogP contribution >= 0.6 is 0 Å². The Kier molecular flexibility index (Phi) is 5.39. The lowest BCUT2D eigenvalue weighted by Crippen LogP contribution is -2.43. The van der Waals surface area contributed by atoms with Gasteiger partial charge in [0.15, 0.2) is 0 Å². The first-order valence-corrected chi connectivity index (χ1v) is 12.0. The van der Waals surface area contributed by atoms with Gasteiger partial charge in [-0.3, -0.25) is 0 Å². The van der Waals surface area contributed by atoms with Crippen LogP contribution in [0.15, 0.2) is 61.6 Å². The van der Waals surface area contributed by atoms with Gasteiger partial charge >= 0.3 is 0 Å². The zero-order valence-electron chi connectivity index (χ0n) is 19.2. The van der Waals surface area contributed by atoms with Crippen LogP contribution in [0.1, 0.15) is 17.5 Å². The number of rotatable bonds is 4. The number of hydrogen-bond acceptors (Lipinski definition) is 6. The predicted molar refractivity (Wildman–Crippen MR) is 139 cm³/mol. The number of aromatic amines is 1. The summed E-state index contributed by atoms with van der Waals surface area (Å²) in [5, 5.41) is 11.4. The Morgan fingerprint density at radius 3 is 2.76 bits per heavy atom. The van der Waals surface area contributed by atoms with Crippen molar-refractivity contribution in [3.63, 3.8) is 0 Å². The van der Waals surface area contributed by atoms with E-state index in [2.05, 4.69) is 78.9 Å². The second-order valence-electron chi connectivity index (χ2n) is 8.97. The SMILES string of the molecule is C=C1NCCCc2cc(-c3c[nH]c4ncc(Nc5ccnc(N6CCNCC6)c5)cc34)ccc21. The topological polar surface area (TPSA) is 80.9 Å². The van der Waals surface area contributed by atoms with E-state index in [1.54, 1.807) is 0 Å². The van der Waals surface area contributed by atoms with Gasteiger partial charge < -0.3 is 25.8 Å². The Labute approximate surface area is 199 Å². The maximum atomic E-state index is 4.67. The van der Waals surface area contributed by atoms with Gasteiger partial charge in [0.2, 0.25) is 0 Å². The van der Waals surface area contributed by atoms with Crippen molar-refractivity contribution in [1.29, 1.82) is 0 Å². The third-order valence-electron chi connectivity index (χ3n) is 6.71. The van der Waals surface area contributed by atoms with Crippen LogP contribution in [0.2, 0.25) is 0 Å². The molecule has 0 spiro atoms. The summed E-state index contributed by atoms with van der Waals surface area (Å²) >= 11 is 0. The molecule has 0 atom stereocenters. The second-order valence-corrected chi connectivity index (χ2v) is 8.97. The standard InChI is InChI=1S/C27H29N7/c1-18-23-5-4-20(13-19(23)3-2-7-29-18)25-17-32-27-24(25)14-22(16-31-27)33-21-6-8-30-26(15-21)34-11-9-28-10-12-34/h4-6,8,13-17,28-29H,1-3,7,9-12H2,(H,30,33)(H,31,32). The zero-order chi connectivity index (χ0) is 22.9. The number of nitrogens with one attached hydrogen (secondary N) is 4. The summed E-state index contributed by atoms with van der Waals surface area (Å²) in [7, 11) is 0. The van der Waals surface area contributed by atoms with Crippen LogP contribution in [0, 0.1) is 0 Å². The highest BCUT2D eigenvalue weighted by atomic mass is 15.2. The summed E-state index contributed by atoms with van der Waals surface area (Å²) in [5.41, 5.74) is 8.80. The third kappa shape index (κ3) is 3.99. The summed E-state index contributed by atoms with van der Waals surface area (Å²) in [6, 6.07) is 13.0. The van der Waals surface area contributed by atoms with Crippen LogP contribution in [-0.2, 0) is 6.42 Å². The lowest BCUT2D eigenvalue weighted by Gasteiger charge is -2.28. The molecular weight excluding hydrogens is 422 g/mol. The first-order chi connectivity index (χ1) is 16.7. The molecule has 0 radical (unpaired) electrons. The Morgan fingerprint density at radius 1 is 0.941 bits per heavy atom. The average molecular weight is 452 g/mol. The number of benzene rings is 1. The maximum Gasteiger partial charge on any atom is 0.138 e. The first kappa shape index (κ1) is 20.7. The number of nitrogens with zero attached hydrogens (tertiary/aromatic N) is 3. The number of piperazine rings is 1. The van der Waals surface area contributed by atoms with Crippen LogP contribution in [-0.4, -0.2) is 47.7 Å². The van der Waals surface area contributed by atoms with Crippen molar-refractivity contribution in [3.05, 3.63) is 72.7 Å². The molecule has 34 heavy (non-hydrogen) atoms. The van der Waals surface area contributed by atoms with Gasteiger partial charge in [-0.25, -0.2) is 9.97 Å². The summed E-state index contributed by atoms with van der Waals surface area (Å²) in [5.74, 6) is 1.00. The highest BCUT2D eigenvalue weighted by Crippen LogP contribution is 2.33. The second kappa shape index (κ2) is 8.83. The molecule has 4 N–H and O–H groups in total. The number of pyridine rings is 2. The molecule has 0 amide bonds. The lowest BCUT2D eigenvalue weighted by molar-refractivity contribution is 0.585. The molecule has 4 aromatic rings. The van der Waals surface area contributed by atoms with Gasteiger partial charge in [-0.05, 0) is 36.1 Å². The van der Waals surface area contributed by atoms with Gasteiger partial charge in [0, 0.05) is 79.1 Å². The highest BCUT2D eigenvalue weighted by Gasteiger charge is 2.15. The molecule has 172 valence electrons. The molecule has 5 heterocycles. The molecule has 0 saturated carbocycles. The van der Waals surface area contributed by atoms with Gasteiger partial charge in [0.05, 0.1) is 11.9 Å². The van der Waals surface area contributed by atoms with Crippen molar-refractivity contribution in [2.45, 2.75) is 12.8 Å². The third-order valence-corrected chi connectivity index (χ3v) is 6.71. The predicted octanol–water partition coefficient (Wildman–Crippen LogP) is 4.28. The summed E-state index contributed by atoms with van der Waals surface area (Å²) < 4.78 is 0. The number of aromatic nitrogens is 3. The maximum absolute atomic E-state index is 4.67. The van der Waals surface area contributed by atoms with E-state index in [1.807, 2.05) is 18.5 Å². The number of anilines is 3. The Hall–Kier alpha value is -3.84. The van der Waals surface area contributed by atoms with Gasteiger partial charge in [0.1, 0.15) is 11.5 Å². The molecule has 1 fully saturated rings. The molecule has 2 aliphatic heterocycles. The lowest BCUT2D eigenvalue weighted by atomic mass is 9.96. The van der Waals surface area contributed by atoms with Gasteiger partial charge in [-0.2, -0.15) is 0 Å². The highest BCUT2D eigenvalue weighted by molar-refractivity contribution is 5.96. The molecule has 0 aliphatic carbocycles. The van der Waals surface area contributed by atoms with Crippen molar-refractivity contribution in [2.24, 2.45) is 0 Å². The zero-order valence-corrected chi connectivity index (χ0v) is 19.2. The number of fused-ring (bicyclic) bond motifs is 2. The van der Waals surface area contributed by atoms with Crippen molar-refractivity contribution in [1.82, 2.24) is 25.6 Å². The Morgan fingerprint density at radius 2 is 1.85 bits per heavy atom. The van der Waals surface area contributed by atoms with E-state index < -0.39 is 0 Å². The van der Waals surface area contributed by atoms with Crippen molar-refractivity contribution in [2.75, 3.05) is 42.9 Å². The summed E-state index contributed by atoms with van der Waals surface area (Å²) in [6.45, 7) is 9.10. The van der Waals surface area contributed by atoms with E-state index in [4.69, 9.17) is 0 Å². The largest absolute Gasteiger partial charge is 0.385 e. The molecule has 7 heteroatoms. The average Bonchev–Trinajstić information content (AvgIpc) is 3.21. The van der Waals surface area contributed by atoms with Crippen molar-refractivity contribution >= 4 is 33.9 Å². The fourth-order valence-corrected chi connectivity index (χ4v) is 4.92. The summed E-state index contributed by atoms with van der Waals surface area (Å²) in [6.07, 6.45) is 7.97. The molecule has 3 aromatic heterocycles. The van der Waals surface area contributed by atoms with Gasteiger partial charge in [-0.15, -0.1) is 0 Å². The van der Waals surface area contributed by atoms with E-state index in [9.17, 15) is 0 Å². The van der Waals surface area contributed by atoms with Crippen LogP contribution in [0.5, 0.6) is 0 Å². The molecule has 0 unspecified atom stereocenters. The molecule has 1 aromatic carbocycles. The normalized spacial score (nSPS) is 16.1. The molecule has 6 rings (SSSR count). The van der Waals surface area contributed by atoms with Crippen LogP contribution in [0.4, 0.5) is 17.2 Å². The number of aryl methyl sites for hydroxylation is 1. The number of hydrogen-bond donors (Lipinski definition) is 4. The van der Waals surface area contributed by atoms with E-state index in [0.29, 0.717) is 0 Å². The Bertz CT molecular complexity index is 1350. The molecular formula is C27H29N7. The van der Waals surface area contributed by atoms with Crippen LogP contribution < -0.4 is 20.9 Å². The van der Waals surface area contributed by atoms with Crippen LogP contribution in [0.3, 0.4) is 0 Å². The monoisotopic (exact) mass is 451 g/mol. The fraction of sp³-hybridized carbons (Fsp3) is 0.259. The minimum atomic E-state index is 0.887. The minimum Gasteiger partial charge on any atom is -0.385 e. The fourth-order valence-electron chi connectivity index (χ4n) is 4.92. The Balaban J connectivity index is 1.30. The minimum absolute atomic E-state index is 0.887. The quantitative estimate of drug-likeness (QED) is 0.371. The first-order valence-electron chi connectivity index (χ1n) is 12.0. The van der Waals surface area contributed by atoms with Gasteiger partial charge in [0.25, 0.3) is 0 Å². The van der Waals surface area contributed by atoms with E-state index >= 15 is 0 Å². The van der Waals surface area contributed by atoms with E-state index in [1.165, 1.54) is 16.7 Å².